The lowest BCUT2D eigenvalue weighted by Crippen LogP contribution is -2.50. The molecule has 0 radical (unpaired) electrons. The summed E-state index contributed by atoms with van der Waals surface area (Å²) in [5.74, 6) is 0.322. The molecule has 1 aromatic carbocycles. The molecule has 0 spiro atoms. The van der Waals surface area contributed by atoms with E-state index in [2.05, 4.69) is 5.32 Å². The van der Waals surface area contributed by atoms with Gasteiger partial charge in [-0.15, -0.1) is 0 Å². The zero-order valence-electron chi connectivity index (χ0n) is 16.9. The first-order valence-corrected chi connectivity index (χ1v) is 10.7. The van der Waals surface area contributed by atoms with E-state index < -0.39 is 10.2 Å². The van der Waals surface area contributed by atoms with Crippen LogP contribution in [0.3, 0.4) is 0 Å². The minimum absolute atomic E-state index is 0.121. The molecule has 0 bridgehead atoms. The van der Waals surface area contributed by atoms with E-state index in [0.717, 1.165) is 11.3 Å². The molecule has 152 valence electrons. The molecule has 1 fully saturated rings. The molecular weight excluding hydrogens is 366 g/mol. The average molecular weight is 398 g/mol. The number of piperidine rings is 1. The molecule has 1 aromatic rings. The van der Waals surface area contributed by atoms with Gasteiger partial charge < -0.3 is 10.1 Å². The third-order valence-electron chi connectivity index (χ3n) is 4.91. The van der Waals surface area contributed by atoms with Crippen molar-refractivity contribution >= 4 is 16.1 Å². The fourth-order valence-corrected chi connectivity index (χ4v) is 4.21. The van der Waals surface area contributed by atoms with Gasteiger partial charge in [0, 0.05) is 27.2 Å². The number of benzene rings is 1. The van der Waals surface area contributed by atoms with Crippen LogP contribution in [0.1, 0.15) is 30.9 Å². The highest BCUT2D eigenvalue weighted by molar-refractivity contribution is 7.86. The van der Waals surface area contributed by atoms with Crippen molar-refractivity contribution in [2.45, 2.75) is 39.7 Å². The summed E-state index contributed by atoms with van der Waals surface area (Å²) in [6.45, 7) is 7.00. The molecule has 1 aliphatic rings. The van der Waals surface area contributed by atoms with Crippen LogP contribution in [0.2, 0.25) is 0 Å². The summed E-state index contributed by atoms with van der Waals surface area (Å²) >= 11 is 0. The van der Waals surface area contributed by atoms with Gasteiger partial charge in [-0.1, -0.05) is 6.07 Å². The summed E-state index contributed by atoms with van der Waals surface area (Å²) in [6.07, 6.45) is 1.37. The minimum atomic E-state index is -3.49. The molecule has 1 N–H and O–H groups in total. The van der Waals surface area contributed by atoms with Crippen molar-refractivity contribution in [3.8, 4) is 5.75 Å². The largest absolute Gasteiger partial charge is 0.491 e. The van der Waals surface area contributed by atoms with Gasteiger partial charge in [0.25, 0.3) is 10.2 Å². The van der Waals surface area contributed by atoms with Crippen LogP contribution in [0.25, 0.3) is 0 Å². The van der Waals surface area contributed by atoms with Crippen LogP contribution in [0.15, 0.2) is 18.2 Å². The number of aryl methyl sites for hydroxylation is 2. The first-order chi connectivity index (χ1) is 12.6. The quantitative estimate of drug-likeness (QED) is 0.760. The Balaban J connectivity index is 1.87. The highest BCUT2D eigenvalue weighted by atomic mass is 32.2. The van der Waals surface area contributed by atoms with Crippen molar-refractivity contribution in [3.63, 3.8) is 0 Å². The molecule has 0 saturated carbocycles. The Hall–Kier alpha value is -1.64. The summed E-state index contributed by atoms with van der Waals surface area (Å²) in [4.78, 5) is 12.6. The van der Waals surface area contributed by atoms with Gasteiger partial charge in [-0.2, -0.15) is 17.0 Å². The second kappa shape index (κ2) is 9.03. The molecular formula is C19H31N3O4S. The molecule has 0 aromatic heterocycles. The molecule has 27 heavy (non-hydrogen) atoms. The average Bonchev–Trinajstić information content (AvgIpc) is 2.62. The van der Waals surface area contributed by atoms with Crippen LogP contribution in [-0.2, 0) is 15.0 Å². The van der Waals surface area contributed by atoms with Crippen molar-refractivity contribution in [3.05, 3.63) is 29.3 Å². The third kappa shape index (κ3) is 5.67. The fraction of sp³-hybridized carbons (Fsp3) is 0.632. The van der Waals surface area contributed by atoms with E-state index in [1.54, 1.807) is 0 Å². The lowest BCUT2D eigenvalue weighted by Gasteiger charge is -2.33. The topological polar surface area (TPSA) is 79.0 Å². The molecule has 1 saturated heterocycles. The normalized spacial score (nSPS) is 19.7. The van der Waals surface area contributed by atoms with Gasteiger partial charge in [0.1, 0.15) is 12.4 Å². The van der Waals surface area contributed by atoms with Gasteiger partial charge >= 0.3 is 0 Å². The molecule has 8 heteroatoms. The maximum absolute atomic E-state index is 12.6. The van der Waals surface area contributed by atoms with Gasteiger partial charge in [-0.3, -0.25) is 4.79 Å². The standard InChI is InChI=1S/C19H31N3O4S/c1-14-8-9-18(11-15(14)2)26-13-16(3)20-19(23)17-7-6-10-22(12-17)27(24,25)21(4)5/h8-9,11,16-17H,6-7,10,12-13H2,1-5H3,(H,20,23)/t16-,17+/m0/s1. The zero-order valence-corrected chi connectivity index (χ0v) is 17.7. The summed E-state index contributed by atoms with van der Waals surface area (Å²) in [5.41, 5.74) is 2.37. The predicted molar refractivity (Wildman–Crippen MR) is 106 cm³/mol. The third-order valence-corrected chi connectivity index (χ3v) is 6.82. The monoisotopic (exact) mass is 397 g/mol. The Bertz CT molecular complexity index is 764. The van der Waals surface area contributed by atoms with Crippen molar-refractivity contribution in [2.75, 3.05) is 33.8 Å². The number of hydrogen-bond donors (Lipinski definition) is 1. The summed E-state index contributed by atoms with van der Waals surface area (Å²) < 4.78 is 32.9. The van der Waals surface area contributed by atoms with Gasteiger partial charge in [0.05, 0.1) is 12.0 Å². The van der Waals surface area contributed by atoms with E-state index in [0.29, 0.717) is 26.0 Å². The van der Waals surface area contributed by atoms with Crippen LogP contribution >= 0.6 is 0 Å². The lowest BCUT2D eigenvalue weighted by atomic mass is 9.98. The van der Waals surface area contributed by atoms with E-state index in [4.69, 9.17) is 4.74 Å². The second-order valence-electron chi connectivity index (χ2n) is 7.45. The minimum Gasteiger partial charge on any atom is -0.491 e. The Labute approximate surface area is 162 Å². The van der Waals surface area contributed by atoms with E-state index in [-0.39, 0.29) is 24.4 Å². The fourth-order valence-electron chi connectivity index (χ4n) is 3.02. The highest BCUT2D eigenvalue weighted by Crippen LogP contribution is 2.21. The van der Waals surface area contributed by atoms with Crippen LogP contribution in [0.5, 0.6) is 5.75 Å². The number of carbonyl (C=O) groups is 1. The van der Waals surface area contributed by atoms with Gasteiger partial charge in [0.2, 0.25) is 5.91 Å². The van der Waals surface area contributed by atoms with Crippen molar-refractivity contribution < 1.29 is 17.9 Å². The van der Waals surface area contributed by atoms with Crippen LogP contribution in [0.4, 0.5) is 0 Å². The molecule has 2 atom stereocenters. The number of rotatable bonds is 7. The molecule has 1 aliphatic heterocycles. The number of carbonyl (C=O) groups excluding carboxylic acids is 1. The predicted octanol–water partition coefficient (Wildman–Crippen LogP) is 1.71. The second-order valence-corrected chi connectivity index (χ2v) is 9.60. The number of nitrogens with one attached hydrogen (secondary N) is 1. The smallest absolute Gasteiger partial charge is 0.281 e. The Kier molecular flexibility index (Phi) is 7.25. The molecule has 1 amide bonds. The molecule has 1 heterocycles. The lowest BCUT2D eigenvalue weighted by molar-refractivity contribution is -0.126. The maximum atomic E-state index is 12.6. The van der Waals surface area contributed by atoms with Gasteiger partial charge in [-0.05, 0) is 56.9 Å². The van der Waals surface area contributed by atoms with Crippen molar-refractivity contribution in [2.24, 2.45) is 5.92 Å². The summed E-state index contributed by atoms with van der Waals surface area (Å²) in [7, 11) is -0.476. The van der Waals surface area contributed by atoms with E-state index in [1.807, 2.05) is 39.0 Å². The number of ether oxygens (including phenoxy) is 1. The van der Waals surface area contributed by atoms with Gasteiger partial charge in [-0.25, -0.2) is 0 Å². The molecule has 0 aliphatic carbocycles. The molecule has 0 unspecified atom stereocenters. The molecule has 2 rings (SSSR count). The SMILES string of the molecule is Cc1ccc(OC[C@H](C)NC(=O)[C@@H]2CCCN(S(=O)(=O)N(C)C)C2)cc1C. The first kappa shape index (κ1) is 21.7. The van der Waals surface area contributed by atoms with E-state index in [9.17, 15) is 13.2 Å². The highest BCUT2D eigenvalue weighted by Gasteiger charge is 2.33. The number of hydrogen-bond acceptors (Lipinski definition) is 4. The van der Waals surface area contributed by atoms with Crippen LogP contribution in [0, 0.1) is 19.8 Å². The molecule has 7 nitrogen and oxygen atoms in total. The summed E-state index contributed by atoms with van der Waals surface area (Å²) in [5, 5.41) is 2.95. The van der Waals surface area contributed by atoms with Crippen molar-refractivity contribution in [1.82, 2.24) is 13.9 Å². The number of nitrogens with zero attached hydrogens (tertiary/aromatic N) is 2. The van der Waals surface area contributed by atoms with E-state index in [1.165, 1.54) is 28.3 Å². The van der Waals surface area contributed by atoms with Crippen LogP contribution in [-0.4, -0.2) is 62.8 Å². The van der Waals surface area contributed by atoms with Gasteiger partial charge in [0.15, 0.2) is 0 Å². The van der Waals surface area contributed by atoms with Crippen molar-refractivity contribution in [1.29, 1.82) is 0 Å². The Morgan fingerprint density at radius 1 is 1.33 bits per heavy atom. The maximum Gasteiger partial charge on any atom is 0.281 e. The Morgan fingerprint density at radius 3 is 2.67 bits per heavy atom. The number of amides is 1. The van der Waals surface area contributed by atoms with E-state index >= 15 is 0 Å². The summed E-state index contributed by atoms with van der Waals surface area (Å²) in [6, 6.07) is 5.74. The zero-order chi connectivity index (χ0) is 20.2. The first-order valence-electron chi connectivity index (χ1n) is 9.29. The Morgan fingerprint density at radius 2 is 2.04 bits per heavy atom. The van der Waals surface area contributed by atoms with Crippen LogP contribution < -0.4 is 10.1 Å².